The van der Waals surface area contributed by atoms with Gasteiger partial charge in [-0.25, -0.2) is 9.55 Å². The van der Waals surface area contributed by atoms with Crippen LogP contribution in [0.25, 0.3) is 21.9 Å². The first-order valence-electron chi connectivity index (χ1n) is 14.6. The Labute approximate surface area is 265 Å². The monoisotopic (exact) mass is 658 g/mol. The summed E-state index contributed by atoms with van der Waals surface area (Å²) in [4.78, 5) is 25.3. The molecule has 0 amide bonds. The van der Waals surface area contributed by atoms with Gasteiger partial charge < -0.3 is 34.7 Å². The summed E-state index contributed by atoms with van der Waals surface area (Å²) in [5.41, 5.74) is 4.11. The van der Waals surface area contributed by atoms with Crippen molar-refractivity contribution in [3.8, 4) is 11.6 Å². The van der Waals surface area contributed by atoms with Gasteiger partial charge in [0.05, 0.1) is 26.7 Å². The molecule has 4 aromatic rings. The minimum atomic E-state index is -4.37. The summed E-state index contributed by atoms with van der Waals surface area (Å²) in [5, 5.41) is 26.7. The van der Waals surface area contributed by atoms with E-state index in [4.69, 9.17) is 29.0 Å². The van der Waals surface area contributed by atoms with Gasteiger partial charge in [-0.2, -0.15) is 15.1 Å². The van der Waals surface area contributed by atoms with Gasteiger partial charge in [0.2, 0.25) is 11.8 Å². The van der Waals surface area contributed by atoms with Gasteiger partial charge in [-0.05, 0) is 30.7 Å². The van der Waals surface area contributed by atoms with Crippen molar-refractivity contribution in [2.45, 2.75) is 64.7 Å². The van der Waals surface area contributed by atoms with Crippen LogP contribution in [-0.4, -0.2) is 79.9 Å². The van der Waals surface area contributed by atoms with E-state index in [1.807, 2.05) is 39.0 Å². The molecule has 0 saturated carbocycles. The number of nitrogens with zero attached hydrogens (tertiary/aromatic N) is 4. The molecule has 6 atom stereocenters. The molecule has 5 N–H and O–H groups in total. The molecule has 16 heteroatoms. The number of aromatic nitrogens is 4. The number of benzene rings is 2. The van der Waals surface area contributed by atoms with E-state index in [0.29, 0.717) is 5.39 Å². The number of esters is 1. The lowest BCUT2D eigenvalue weighted by molar-refractivity contribution is -0.148. The molecule has 2 aromatic heterocycles. The SMILES string of the molecule is COc1nc(N)nc2c1ncn2[C@@H]1O[C@H](CO[P@](=O)(N[C@@H](C)C(=O)OCC(C)(C)C)Oc2cccc3ccccc23)[C@@H](O)[C@@]1(C)O. The molecule has 1 fully saturated rings. The number of anilines is 1. The van der Waals surface area contributed by atoms with Crippen molar-refractivity contribution in [3.05, 3.63) is 48.8 Å². The van der Waals surface area contributed by atoms with Crippen molar-refractivity contribution in [3.63, 3.8) is 0 Å². The third-order valence-electron chi connectivity index (χ3n) is 7.34. The predicted octanol–water partition coefficient (Wildman–Crippen LogP) is 3.35. The molecule has 0 spiro atoms. The number of nitrogen functional groups attached to an aromatic ring is 1. The van der Waals surface area contributed by atoms with Crippen LogP contribution < -0.4 is 20.1 Å². The average Bonchev–Trinajstić information content (AvgIpc) is 3.51. The van der Waals surface area contributed by atoms with Gasteiger partial charge in [-0.1, -0.05) is 57.2 Å². The van der Waals surface area contributed by atoms with Crippen molar-refractivity contribution in [1.82, 2.24) is 24.6 Å². The summed E-state index contributed by atoms with van der Waals surface area (Å²) in [6.07, 6.45) is -2.63. The Morgan fingerprint density at radius 2 is 1.93 bits per heavy atom. The number of fused-ring (bicyclic) bond motifs is 2. The first kappa shape index (κ1) is 33.5. The second-order valence-electron chi connectivity index (χ2n) is 12.5. The maximum atomic E-state index is 14.3. The van der Waals surface area contributed by atoms with Gasteiger partial charge >= 0.3 is 13.7 Å². The van der Waals surface area contributed by atoms with Crippen LogP contribution in [0, 0.1) is 5.41 Å². The fraction of sp³-hybridized carbons (Fsp3) is 0.467. The maximum Gasteiger partial charge on any atom is 0.459 e. The van der Waals surface area contributed by atoms with Gasteiger partial charge in [-0.15, -0.1) is 0 Å². The highest BCUT2D eigenvalue weighted by Gasteiger charge is 2.54. The summed E-state index contributed by atoms with van der Waals surface area (Å²) in [7, 11) is -2.97. The van der Waals surface area contributed by atoms with Gasteiger partial charge in [0, 0.05) is 5.39 Å². The van der Waals surface area contributed by atoms with E-state index in [9.17, 15) is 19.6 Å². The topological polar surface area (TPSA) is 202 Å². The minimum absolute atomic E-state index is 0.100. The van der Waals surface area contributed by atoms with Crippen LogP contribution in [0.2, 0.25) is 0 Å². The van der Waals surface area contributed by atoms with Crippen molar-refractivity contribution in [1.29, 1.82) is 0 Å². The summed E-state index contributed by atoms with van der Waals surface area (Å²) in [6.45, 7) is 8.20. The lowest BCUT2D eigenvalue weighted by Gasteiger charge is -2.27. The van der Waals surface area contributed by atoms with E-state index in [1.165, 1.54) is 31.9 Å². The fourth-order valence-corrected chi connectivity index (χ4v) is 6.49. The number of nitrogens with two attached hydrogens (primary N) is 1. The van der Waals surface area contributed by atoms with Crippen LogP contribution in [-0.2, 0) is 23.4 Å². The Balaban J connectivity index is 1.40. The Hall–Kier alpha value is -3.85. The highest BCUT2D eigenvalue weighted by molar-refractivity contribution is 7.52. The van der Waals surface area contributed by atoms with E-state index in [-0.39, 0.29) is 40.8 Å². The zero-order valence-electron chi connectivity index (χ0n) is 26.4. The molecular weight excluding hydrogens is 619 g/mol. The molecule has 1 aliphatic rings. The van der Waals surface area contributed by atoms with Crippen molar-refractivity contribution in [2.24, 2.45) is 5.41 Å². The summed E-state index contributed by atoms with van der Waals surface area (Å²) in [5.74, 6) is -0.411. The first-order chi connectivity index (χ1) is 21.6. The smallest absolute Gasteiger partial charge is 0.459 e. The molecule has 5 rings (SSSR count). The number of ether oxygens (including phenoxy) is 3. The summed E-state index contributed by atoms with van der Waals surface area (Å²) < 4.78 is 44.2. The molecule has 0 unspecified atom stereocenters. The minimum Gasteiger partial charge on any atom is -0.479 e. The number of aliphatic hydroxyl groups is 2. The van der Waals surface area contributed by atoms with Crippen molar-refractivity contribution in [2.75, 3.05) is 26.1 Å². The zero-order valence-corrected chi connectivity index (χ0v) is 27.3. The fourth-order valence-electron chi connectivity index (χ4n) is 4.97. The first-order valence-corrected chi connectivity index (χ1v) is 16.1. The molecule has 1 saturated heterocycles. The van der Waals surface area contributed by atoms with Gasteiger partial charge in [0.25, 0.3) is 0 Å². The van der Waals surface area contributed by atoms with Crippen LogP contribution in [0.5, 0.6) is 11.6 Å². The van der Waals surface area contributed by atoms with E-state index >= 15 is 0 Å². The lowest BCUT2D eigenvalue weighted by Crippen LogP contribution is -2.44. The molecule has 15 nitrogen and oxygen atoms in total. The molecule has 0 radical (unpaired) electrons. The van der Waals surface area contributed by atoms with Crippen LogP contribution >= 0.6 is 7.75 Å². The quantitative estimate of drug-likeness (QED) is 0.135. The lowest BCUT2D eigenvalue weighted by atomic mass is 9.96. The molecule has 3 heterocycles. The number of methoxy groups -OCH3 is 1. The van der Waals surface area contributed by atoms with E-state index in [2.05, 4.69) is 20.0 Å². The molecule has 46 heavy (non-hydrogen) atoms. The van der Waals surface area contributed by atoms with Crippen molar-refractivity contribution < 1.29 is 42.8 Å². The number of carbonyl (C=O) groups is 1. The zero-order chi connectivity index (χ0) is 33.4. The van der Waals surface area contributed by atoms with Crippen LogP contribution in [0.15, 0.2) is 48.8 Å². The molecule has 2 aromatic carbocycles. The summed E-state index contributed by atoms with van der Waals surface area (Å²) >= 11 is 0. The second-order valence-corrected chi connectivity index (χ2v) is 14.2. The average molecular weight is 659 g/mol. The maximum absolute atomic E-state index is 14.3. The number of carbonyl (C=O) groups excluding carboxylic acids is 1. The highest BCUT2D eigenvalue weighted by atomic mass is 31.2. The molecule has 248 valence electrons. The Morgan fingerprint density at radius 1 is 1.22 bits per heavy atom. The van der Waals surface area contributed by atoms with Gasteiger partial charge in [0.1, 0.15) is 29.6 Å². The largest absolute Gasteiger partial charge is 0.479 e. The predicted molar refractivity (Wildman–Crippen MR) is 168 cm³/mol. The van der Waals surface area contributed by atoms with Gasteiger partial charge in [-0.3, -0.25) is 13.9 Å². The Bertz CT molecular complexity index is 1770. The molecule has 0 aliphatic carbocycles. The molecule has 1 aliphatic heterocycles. The second kappa shape index (κ2) is 12.7. The number of hydrogen-bond acceptors (Lipinski definition) is 13. The van der Waals surface area contributed by atoms with E-state index < -0.39 is 50.4 Å². The van der Waals surface area contributed by atoms with Crippen molar-refractivity contribution >= 4 is 41.6 Å². The van der Waals surface area contributed by atoms with E-state index in [1.54, 1.807) is 24.3 Å². The third-order valence-corrected chi connectivity index (χ3v) is 8.97. The number of imidazole rings is 1. The van der Waals surface area contributed by atoms with Gasteiger partial charge in [0.15, 0.2) is 17.4 Å². The highest BCUT2D eigenvalue weighted by Crippen LogP contribution is 2.48. The number of nitrogens with one attached hydrogen (secondary N) is 1. The number of rotatable bonds is 11. The van der Waals surface area contributed by atoms with Crippen LogP contribution in [0.1, 0.15) is 40.8 Å². The number of hydrogen-bond donors (Lipinski definition) is 4. The van der Waals surface area contributed by atoms with Crippen LogP contribution in [0.4, 0.5) is 5.95 Å². The van der Waals surface area contributed by atoms with Crippen LogP contribution in [0.3, 0.4) is 0 Å². The Morgan fingerprint density at radius 3 is 2.65 bits per heavy atom. The summed E-state index contributed by atoms with van der Waals surface area (Å²) in [6, 6.07) is 11.4. The Kier molecular flexibility index (Phi) is 9.28. The molecule has 0 bridgehead atoms. The third kappa shape index (κ3) is 6.94. The van der Waals surface area contributed by atoms with E-state index in [0.717, 1.165) is 5.39 Å². The molecular formula is C30H39N6O9P. The standard InChI is InChI=1S/C30H39N6O9P/c1-17(26(38)42-15-29(2,3)4)35-46(40,45-20-13-9-11-18-10-7-8-12-19(18)20)43-14-21-23(37)30(5,39)27(44-21)36-16-32-22-24(36)33-28(31)34-25(22)41-6/h7-13,16-17,21,23,27,37,39H,14-15H2,1-6H3,(H,35,40)(H2,31,33,34)/t17-,21+,23+,27+,30+,46+/m0/s1. The normalized spacial score (nSPS) is 23.7. The number of aliphatic hydroxyl groups excluding tert-OH is 1.